The van der Waals surface area contributed by atoms with Gasteiger partial charge in [-0.2, -0.15) is 0 Å². The number of benzene rings is 1. The average Bonchev–Trinajstić information content (AvgIpc) is 2.76. The Morgan fingerprint density at radius 1 is 1.24 bits per heavy atom. The summed E-state index contributed by atoms with van der Waals surface area (Å²) < 4.78 is 5.64. The molecule has 4 nitrogen and oxygen atoms in total. The molecule has 0 spiro atoms. The maximum Gasteiger partial charge on any atom is 0.227 e. The van der Waals surface area contributed by atoms with E-state index in [0.717, 1.165) is 27.9 Å². The van der Waals surface area contributed by atoms with E-state index in [2.05, 4.69) is 9.97 Å². The van der Waals surface area contributed by atoms with Crippen molar-refractivity contribution in [2.45, 2.75) is 6.92 Å². The molecule has 3 rings (SSSR count). The molecule has 1 aromatic carbocycles. The smallest absolute Gasteiger partial charge is 0.227 e. The summed E-state index contributed by atoms with van der Waals surface area (Å²) in [6, 6.07) is 7.57. The average molecular weight is 225 g/mol. The van der Waals surface area contributed by atoms with Gasteiger partial charge in [-0.1, -0.05) is 6.07 Å². The molecule has 0 fully saturated rings. The molecule has 0 aliphatic heterocycles. The van der Waals surface area contributed by atoms with Crippen LogP contribution in [0.2, 0.25) is 0 Å². The first-order chi connectivity index (χ1) is 8.24. The molecule has 2 N–H and O–H groups in total. The molecule has 3 aromatic rings. The number of anilines is 1. The normalized spacial score (nSPS) is 10.9. The van der Waals surface area contributed by atoms with E-state index in [1.54, 1.807) is 18.5 Å². The molecule has 0 unspecified atom stereocenters. The van der Waals surface area contributed by atoms with E-state index in [-0.39, 0.29) is 0 Å². The Labute approximate surface area is 98.1 Å². The maximum absolute atomic E-state index is 5.87. The van der Waals surface area contributed by atoms with Crippen LogP contribution in [0.3, 0.4) is 0 Å². The van der Waals surface area contributed by atoms with Crippen LogP contribution in [0.25, 0.3) is 22.6 Å². The Hall–Kier alpha value is -2.36. The monoisotopic (exact) mass is 225 g/mol. The number of hydrogen-bond acceptors (Lipinski definition) is 4. The van der Waals surface area contributed by atoms with Crippen molar-refractivity contribution < 1.29 is 4.42 Å². The second kappa shape index (κ2) is 3.59. The van der Waals surface area contributed by atoms with E-state index >= 15 is 0 Å². The Morgan fingerprint density at radius 3 is 2.88 bits per heavy atom. The number of rotatable bonds is 1. The number of aryl methyl sites for hydroxylation is 1. The topological polar surface area (TPSA) is 64.9 Å². The fourth-order valence-corrected chi connectivity index (χ4v) is 1.68. The first-order valence-electron chi connectivity index (χ1n) is 5.31. The van der Waals surface area contributed by atoms with Crippen molar-refractivity contribution in [3.8, 4) is 11.5 Å². The number of nitrogens with zero attached hydrogens (tertiary/aromatic N) is 2. The molecule has 0 bridgehead atoms. The Balaban J connectivity index is 2.17. The van der Waals surface area contributed by atoms with E-state index in [1.165, 1.54) is 0 Å². The third-order valence-corrected chi connectivity index (χ3v) is 2.72. The van der Waals surface area contributed by atoms with Crippen molar-refractivity contribution in [1.82, 2.24) is 9.97 Å². The molecule has 2 heterocycles. The highest BCUT2D eigenvalue weighted by Gasteiger charge is 2.08. The van der Waals surface area contributed by atoms with Crippen LogP contribution in [-0.4, -0.2) is 9.97 Å². The first-order valence-corrected chi connectivity index (χ1v) is 5.31. The number of nitrogen functional groups attached to an aromatic ring is 1. The van der Waals surface area contributed by atoms with Crippen LogP contribution in [0, 0.1) is 6.92 Å². The van der Waals surface area contributed by atoms with Gasteiger partial charge in [-0.3, -0.25) is 4.98 Å². The van der Waals surface area contributed by atoms with E-state index in [9.17, 15) is 0 Å². The lowest BCUT2D eigenvalue weighted by Gasteiger charge is -2.00. The summed E-state index contributed by atoms with van der Waals surface area (Å²) in [5, 5.41) is 0. The summed E-state index contributed by atoms with van der Waals surface area (Å²) in [6.07, 6.45) is 3.36. The summed E-state index contributed by atoms with van der Waals surface area (Å²) in [5.74, 6) is 0.569. The van der Waals surface area contributed by atoms with Crippen molar-refractivity contribution in [1.29, 1.82) is 0 Å². The number of hydrogen-bond donors (Lipinski definition) is 1. The van der Waals surface area contributed by atoms with E-state index < -0.39 is 0 Å². The summed E-state index contributed by atoms with van der Waals surface area (Å²) >= 11 is 0. The zero-order valence-electron chi connectivity index (χ0n) is 9.34. The number of pyridine rings is 1. The molecule has 0 atom stereocenters. The molecular formula is C13H11N3O. The Morgan fingerprint density at radius 2 is 2.12 bits per heavy atom. The van der Waals surface area contributed by atoms with Gasteiger partial charge in [-0.05, 0) is 24.6 Å². The van der Waals surface area contributed by atoms with Gasteiger partial charge in [0.15, 0.2) is 5.58 Å². The molecule has 17 heavy (non-hydrogen) atoms. The zero-order chi connectivity index (χ0) is 11.8. The van der Waals surface area contributed by atoms with Gasteiger partial charge in [0.2, 0.25) is 5.89 Å². The summed E-state index contributed by atoms with van der Waals surface area (Å²) in [7, 11) is 0. The number of fused-ring (bicyclic) bond motifs is 1. The second-order valence-corrected chi connectivity index (χ2v) is 3.93. The summed E-state index contributed by atoms with van der Waals surface area (Å²) in [4.78, 5) is 8.37. The number of nitrogens with two attached hydrogens (primary N) is 1. The molecule has 0 radical (unpaired) electrons. The highest BCUT2D eigenvalue weighted by atomic mass is 16.3. The third-order valence-electron chi connectivity index (χ3n) is 2.72. The van der Waals surface area contributed by atoms with E-state index in [4.69, 9.17) is 10.2 Å². The SMILES string of the molecule is Cc1ccc(-c2nc3cnccc3o2)cc1N. The molecular weight excluding hydrogens is 214 g/mol. The molecule has 4 heteroatoms. The molecule has 0 aliphatic carbocycles. The fraction of sp³-hybridized carbons (Fsp3) is 0.0769. The fourth-order valence-electron chi connectivity index (χ4n) is 1.68. The van der Waals surface area contributed by atoms with Gasteiger partial charge < -0.3 is 10.2 Å². The predicted molar refractivity (Wildman–Crippen MR) is 66.4 cm³/mol. The standard InChI is InChI=1S/C13H11N3O/c1-8-2-3-9(6-10(8)14)13-16-11-7-15-5-4-12(11)17-13/h2-7H,14H2,1H3. The highest BCUT2D eigenvalue weighted by Crippen LogP contribution is 2.26. The summed E-state index contributed by atoms with van der Waals surface area (Å²) in [6.45, 7) is 1.97. The van der Waals surface area contributed by atoms with Gasteiger partial charge >= 0.3 is 0 Å². The lowest BCUT2D eigenvalue weighted by molar-refractivity contribution is 0.619. The third kappa shape index (κ3) is 1.63. The van der Waals surface area contributed by atoms with Gasteiger partial charge in [-0.15, -0.1) is 0 Å². The van der Waals surface area contributed by atoms with Gasteiger partial charge in [0.05, 0.1) is 6.20 Å². The van der Waals surface area contributed by atoms with Crippen molar-refractivity contribution in [3.63, 3.8) is 0 Å². The van der Waals surface area contributed by atoms with Crippen LogP contribution >= 0.6 is 0 Å². The maximum atomic E-state index is 5.87. The quantitative estimate of drug-likeness (QED) is 0.647. The number of aromatic nitrogens is 2. The van der Waals surface area contributed by atoms with Gasteiger partial charge in [-0.25, -0.2) is 4.98 Å². The minimum atomic E-state index is 0.569. The van der Waals surface area contributed by atoms with Crippen molar-refractivity contribution in [2.75, 3.05) is 5.73 Å². The van der Waals surface area contributed by atoms with Crippen molar-refractivity contribution in [3.05, 3.63) is 42.2 Å². The second-order valence-electron chi connectivity index (χ2n) is 3.93. The van der Waals surface area contributed by atoms with Crippen LogP contribution in [0.1, 0.15) is 5.56 Å². The molecule has 2 aromatic heterocycles. The Bertz CT molecular complexity index is 655. The summed E-state index contributed by atoms with van der Waals surface area (Å²) in [5.41, 5.74) is 10.0. The minimum absolute atomic E-state index is 0.569. The van der Waals surface area contributed by atoms with Crippen LogP contribution in [0.4, 0.5) is 5.69 Å². The first kappa shape index (κ1) is 9.84. The molecule has 0 amide bonds. The largest absolute Gasteiger partial charge is 0.436 e. The zero-order valence-corrected chi connectivity index (χ0v) is 9.34. The van der Waals surface area contributed by atoms with Crippen molar-refractivity contribution in [2.24, 2.45) is 0 Å². The van der Waals surface area contributed by atoms with Gasteiger partial charge in [0.1, 0.15) is 5.52 Å². The van der Waals surface area contributed by atoms with E-state index in [0.29, 0.717) is 5.89 Å². The van der Waals surface area contributed by atoms with Crippen LogP contribution in [-0.2, 0) is 0 Å². The molecule has 0 saturated heterocycles. The minimum Gasteiger partial charge on any atom is -0.436 e. The van der Waals surface area contributed by atoms with Crippen molar-refractivity contribution >= 4 is 16.8 Å². The highest BCUT2D eigenvalue weighted by molar-refractivity contribution is 5.75. The predicted octanol–water partition coefficient (Wildman–Crippen LogP) is 2.78. The molecule has 0 saturated carbocycles. The van der Waals surface area contributed by atoms with Crippen LogP contribution in [0.5, 0.6) is 0 Å². The van der Waals surface area contributed by atoms with Gasteiger partial charge in [0.25, 0.3) is 0 Å². The van der Waals surface area contributed by atoms with Gasteiger partial charge in [0, 0.05) is 23.5 Å². The van der Waals surface area contributed by atoms with Crippen LogP contribution < -0.4 is 5.73 Å². The lowest BCUT2D eigenvalue weighted by Crippen LogP contribution is -1.89. The number of oxazole rings is 1. The van der Waals surface area contributed by atoms with E-state index in [1.807, 2.05) is 25.1 Å². The van der Waals surface area contributed by atoms with Crippen LogP contribution in [0.15, 0.2) is 41.1 Å². The molecule has 0 aliphatic rings. The molecule has 84 valence electrons. The Kier molecular flexibility index (Phi) is 2.08. The lowest BCUT2D eigenvalue weighted by atomic mass is 10.1.